The summed E-state index contributed by atoms with van der Waals surface area (Å²) in [4.78, 5) is 2.59. The molecule has 1 atom stereocenters. The van der Waals surface area contributed by atoms with E-state index < -0.39 is 9.84 Å². The largest absolute Gasteiger partial charge is 0.365 e. The van der Waals surface area contributed by atoms with E-state index in [0.29, 0.717) is 4.90 Å². The molecule has 2 rings (SSSR count). The number of rotatable bonds is 3. The summed E-state index contributed by atoms with van der Waals surface area (Å²) >= 11 is 3.33. The average molecular weight is 333 g/mol. The Balaban J connectivity index is 2.48. The predicted octanol–water partition coefficient (Wildman–Crippen LogP) is 1.65. The van der Waals surface area contributed by atoms with Gasteiger partial charge in [0.05, 0.1) is 16.3 Å². The summed E-state index contributed by atoms with van der Waals surface area (Å²) in [5.74, 6) is 0.181. The molecule has 0 aliphatic carbocycles. The molecule has 0 amide bonds. The molecule has 0 saturated heterocycles. The number of anilines is 1. The van der Waals surface area contributed by atoms with Gasteiger partial charge in [-0.1, -0.05) is 15.9 Å². The molecule has 0 spiro atoms. The second kappa shape index (κ2) is 5.19. The highest BCUT2D eigenvalue weighted by molar-refractivity contribution is 9.10. The van der Waals surface area contributed by atoms with Gasteiger partial charge in [0.1, 0.15) is 0 Å². The Kier molecular flexibility index (Phi) is 3.99. The first kappa shape index (κ1) is 13.8. The van der Waals surface area contributed by atoms with E-state index in [1.54, 1.807) is 6.07 Å². The van der Waals surface area contributed by atoms with Gasteiger partial charge in [-0.2, -0.15) is 0 Å². The molecule has 4 nitrogen and oxygen atoms in total. The minimum absolute atomic E-state index is 0.0111. The lowest BCUT2D eigenvalue weighted by Crippen LogP contribution is -2.45. The Hall–Kier alpha value is -0.590. The maximum absolute atomic E-state index is 12.2. The van der Waals surface area contributed by atoms with Crippen molar-refractivity contribution in [1.29, 1.82) is 0 Å². The van der Waals surface area contributed by atoms with Gasteiger partial charge in [0.25, 0.3) is 0 Å². The molecule has 1 aliphatic rings. The van der Waals surface area contributed by atoms with Crippen molar-refractivity contribution in [3.05, 3.63) is 22.7 Å². The Labute approximate surface area is 116 Å². The highest BCUT2D eigenvalue weighted by Gasteiger charge is 2.33. The number of nitrogens with zero attached hydrogens (tertiary/aromatic N) is 1. The highest BCUT2D eigenvalue weighted by Crippen LogP contribution is 2.35. The van der Waals surface area contributed by atoms with Crippen molar-refractivity contribution in [3.8, 4) is 0 Å². The molecule has 1 aromatic carbocycles. The predicted molar refractivity (Wildman–Crippen MR) is 76.9 cm³/mol. The molecule has 18 heavy (non-hydrogen) atoms. The zero-order valence-corrected chi connectivity index (χ0v) is 12.9. The van der Waals surface area contributed by atoms with Gasteiger partial charge in [-0.25, -0.2) is 8.42 Å². The molecule has 0 aromatic heterocycles. The molecule has 0 radical (unpaired) electrons. The van der Waals surface area contributed by atoms with Crippen LogP contribution < -0.4 is 10.2 Å². The Morgan fingerprint density at radius 2 is 2.22 bits per heavy atom. The molecule has 0 saturated carbocycles. The minimum Gasteiger partial charge on any atom is -0.365 e. The van der Waals surface area contributed by atoms with E-state index in [9.17, 15) is 8.42 Å². The number of fused-ring (bicyclic) bond motifs is 1. The summed E-state index contributed by atoms with van der Waals surface area (Å²) < 4.78 is 25.2. The molecule has 1 heterocycles. The van der Waals surface area contributed by atoms with Crippen molar-refractivity contribution in [3.63, 3.8) is 0 Å². The van der Waals surface area contributed by atoms with Crippen LogP contribution in [0.3, 0.4) is 0 Å². The minimum atomic E-state index is -3.16. The lowest BCUT2D eigenvalue weighted by molar-refractivity contribution is 0.568. The first-order valence-corrected chi connectivity index (χ1v) is 8.34. The Morgan fingerprint density at radius 1 is 1.50 bits per heavy atom. The van der Waals surface area contributed by atoms with Crippen LogP contribution in [-0.4, -0.2) is 40.3 Å². The summed E-state index contributed by atoms with van der Waals surface area (Å²) in [5, 5.41) is 3.10. The lowest BCUT2D eigenvalue weighted by Gasteiger charge is -2.36. The topological polar surface area (TPSA) is 49.4 Å². The van der Waals surface area contributed by atoms with Gasteiger partial charge in [-0.05, 0) is 32.2 Å². The fraction of sp³-hybridized carbons (Fsp3) is 0.500. The van der Waals surface area contributed by atoms with E-state index in [2.05, 4.69) is 26.1 Å². The Morgan fingerprint density at radius 3 is 2.89 bits per heavy atom. The fourth-order valence-corrected chi connectivity index (χ4v) is 4.60. The Bertz CT molecular complexity index is 545. The van der Waals surface area contributed by atoms with Gasteiger partial charge < -0.3 is 10.2 Å². The van der Waals surface area contributed by atoms with Gasteiger partial charge in [-0.3, -0.25) is 0 Å². The summed E-state index contributed by atoms with van der Waals surface area (Å²) in [5.41, 5.74) is 0.812. The molecule has 0 bridgehead atoms. The number of hydrogen-bond donors (Lipinski definition) is 1. The highest BCUT2D eigenvalue weighted by atomic mass is 79.9. The van der Waals surface area contributed by atoms with Crippen molar-refractivity contribution in [1.82, 2.24) is 5.32 Å². The smallest absolute Gasteiger partial charge is 0.182 e. The molecule has 6 heteroatoms. The average Bonchev–Trinajstić information content (AvgIpc) is 2.29. The van der Waals surface area contributed by atoms with Crippen LogP contribution in [0.2, 0.25) is 0 Å². The van der Waals surface area contributed by atoms with Crippen molar-refractivity contribution in [2.24, 2.45) is 0 Å². The van der Waals surface area contributed by atoms with Crippen molar-refractivity contribution >= 4 is 31.5 Å². The number of benzene rings is 1. The normalized spacial score (nSPS) is 21.7. The zero-order chi connectivity index (χ0) is 13.3. The third-order valence-corrected chi connectivity index (χ3v) is 5.57. The number of hydrogen-bond acceptors (Lipinski definition) is 4. The maximum Gasteiger partial charge on any atom is 0.182 e. The fourth-order valence-electron chi connectivity index (χ4n) is 2.28. The third-order valence-electron chi connectivity index (χ3n) is 3.16. The van der Waals surface area contributed by atoms with Gasteiger partial charge in [0.2, 0.25) is 0 Å². The van der Waals surface area contributed by atoms with Crippen molar-refractivity contribution in [2.75, 3.05) is 30.8 Å². The molecule has 1 aromatic rings. The zero-order valence-electron chi connectivity index (χ0n) is 10.5. The molecule has 100 valence electrons. The number of sulfone groups is 1. The lowest BCUT2D eigenvalue weighted by atomic mass is 10.2. The van der Waals surface area contributed by atoms with Crippen LogP contribution in [0.15, 0.2) is 27.6 Å². The van der Waals surface area contributed by atoms with E-state index in [-0.39, 0.29) is 11.8 Å². The van der Waals surface area contributed by atoms with Crippen LogP contribution in [-0.2, 0) is 9.84 Å². The van der Waals surface area contributed by atoms with Crippen LogP contribution in [0.4, 0.5) is 5.69 Å². The van der Waals surface area contributed by atoms with Gasteiger partial charge in [0, 0.05) is 23.6 Å². The first-order valence-electron chi connectivity index (χ1n) is 5.89. The van der Waals surface area contributed by atoms with Gasteiger partial charge in [0.15, 0.2) is 9.84 Å². The molecule has 1 N–H and O–H groups in total. The standard InChI is InChI=1S/C12H17BrN2O2S/c1-9-8-18(16,17)12-7-10(13)3-4-11(12)15(9)6-5-14-2/h3-4,7,9,14H,5-6,8H2,1-2H3. The van der Waals surface area contributed by atoms with E-state index in [1.165, 1.54) is 0 Å². The van der Waals surface area contributed by atoms with Crippen LogP contribution in [0, 0.1) is 0 Å². The van der Waals surface area contributed by atoms with Crippen LogP contribution in [0.1, 0.15) is 6.92 Å². The summed E-state index contributed by atoms with van der Waals surface area (Å²) in [6.07, 6.45) is 0. The molecular weight excluding hydrogens is 316 g/mol. The molecule has 1 aliphatic heterocycles. The van der Waals surface area contributed by atoms with Crippen LogP contribution in [0.5, 0.6) is 0 Å². The number of halogens is 1. The van der Waals surface area contributed by atoms with Crippen LogP contribution >= 0.6 is 15.9 Å². The maximum atomic E-state index is 12.2. The second-order valence-electron chi connectivity index (χ2n) is 4.54. The monoisotopic (exact) mass is 332 g/mol. The van der Waals surface area contributed by atoms with Crippen molar-refractivity contribution in [2.45, 2.75) is 17.9 Å². The summed E-state index contributed by atoms with van der Waals surface area (Å²) in [6.45, 7) is 3.60. The van der Waals surface area contributed by atoms with E-state index in [1.807, 2.05) is 26.1 Å². The van der Waals surface area contributed by atoms with Gasteiger partial charge in [-0.15, -0.1) is 0 Å². The second-order valence-corrected chi connectivity index (χ2v) is 7.46. The van der Waals surface area contributed by atoms with Crippen LogP contribution in [0.25, 0.3) is 0 Å². The summed E-state index contributed by atoms with van der Waals surface area (Å²) in [6, 6.07) is 5.47. The van der Waals surface area contributed by atoms with Gasteiger partial charge >= 0.3 is 0 Å². The van der Waals surface area contributed by atoms with Crippen molar-refractivity contribution < 1.29 is 8.42 Å². The SMILES string of the molecule is CNCCN1c2ccc(Br)cc2S(=O)(=O)CC1C. The number of nitrogens with one attached hydrogen (secondary N) is 1. The molecule has 1 unspecified atom stereocenters. The summed E-state index contributed by atoms with van der Waals surface area (Å²) in [7, 11) is -1.27. The van der Waals surface area contributed by atoms with E-state index in [4.69, 9.17) is 0 Å². The molecular formula is C12H17BrN2O2S. The third kappa shape index (κ3) is 2.55. The quantitative estimate of drug-likeness (QED) is 0.914. The van der Waals surface area contributed by atoms with E-state index in [0.717, 1.165) is 23.2 Å². The first-order chi connectivity index (χ1) is 8.45. The van der Waals surface area contributed by atoms with E-state index >= 15 is 0 Å². The number of likely N-dealkylation sites (N-methyl/N-ethyl adjacent to an activating group) is 1. The molecule has 0 fully saturated rings.